The number of hydrogen-bond donors (Lipinski definition) is 2. The number of allylic oxidation sites excluding steroid dienone is 2. The number of carboxylic acid groups (broad SMARTS) is 1. The predicted molar refractivity (Wildman–Crippen MR) is 178 cm³/mol. The summed E-state index contributed by atoms with van der Waals surface area (Å²) in [6.07, 6.45) is 9.70. The number of hydrogen-bond acceptors (Lipinski definition) is 6. The maximum Gasteiger partial charge on any atom is 0.310 e. The van der Waals surface area contributed by atoms with Gasteiger partial charge in [-0.25, -0.2) is 9.97 Å². The fourth-order valence-corrected chi connectivity index (χ4v) is 6.85. The van der Waals surface area contributed by atoms with Gasteiger partial charge in [-0.3, -0.25) is 14.4 Å². The van der Waals surface area contributed by atoms with Crippen LogP contribution >= 0.6 is 11.3 Å². The molecule has 1 aromatic carbocycles. The quantitative estimate of drug-likeness (QED) is 0.290. The third kappa shape index (κ3) is 7.69. The molecule has 3 heterocycles. The third-order valence-corrected chi connectivity index (χ3v) is 10.5. The van der Waals surface area contributed by atoms with E-state index in [0.717, 1.165) is 34.4 Å². The highest BCUT2D eigenvalue weighted by Crippen LogP contribution is 2.39. The minimum absolute atomic E-state index is 0.0867. The van der Waals surface area contributed by atoms with Gasteiger partial charge in [-0.1, -0.05) is 71.9 Å². The van der Waals surface area contributed by atoms with Crippen molar-refractivity contribution in [3.63, 3.8) is 0 Å². The Labute approximate surface area is 270 Å². The lowest BCUT2D eigenvalue weighted by Crippen LogP contribution is -2.59. The van der Waals surface area contributed by atoms with Gasteiger partial charge in [0.15, 0.2) is 5.82 Å². The zero-order valence-electron chi connectivity index (χ0n) is 27.1. The topological polar surface area (TPSA) is 112 Å². The first-order valence-electron chi connectivity index (χ1n) is 15.7. The van der Waals surface area contributed by atoms with E-state index in [9.17, 15) is 19.5 Å². The number of aliphatic carboxylic acids is 1. The number of nitrogens with zero attached hydrogens (tertiary/aromatic N) is 3. The number of carbonyl (C=O) groups excluding carboxylic acids is 2. The van der Waals surface area contributed by atoms with E-state index in [1.54, 1.807) is 6.07 Å². The summed E-state index contributed by atoms with van der Waals surface area (Å²) in [5.74, 6) is -0.755. The van der Waals surface area contributed by atoms with Crippen LogP contribution in [0, 0.1) is 17.3 Å². The number of carboxylic acids is 1. The van der Waals surface area contributed by atoms with Crippen molar-refractivity contribution in [2.45, 2.75) is 78.7 Å². The Bertz CT molecular complexity index is 1570. The van der Waals surface area contributed by atoms with Gasteiger partial charge in [0, 0.05) is 47.9 Å². The minimum Gasteiger partial charge on any atom is -0.481 e. The molecule has 1 aliphatic heterocycles. The molecule has 0 spiro atoms. The lowest BCUT2D eigenvalue weighted by molar-refractivity contribution is -0.153. The van der Waals surface area contributed by atoms with Crippen LogP contribution in [-0.4, -0.2) is 56.9 Å². The van der Waals surface area contributed by atoms with Gasteiger partial charge in [-0.2, -0.15) is 0 Å². The van der Waals surface area contributed by atoms with E-state index >= 15 is 0 Å². The van der Waals surface area contributed by atoms with E-state index in [-0.39, 0.29) is 36.7 Å². The number of rotatable bonds is 8. The lowest BCUT2D eigenvalue weighted by Gasteiger charge is -2.38. The molecule has 1 fully saturated rings. The molecule has 0 bridgehead atoms. The van der Waals surface area contributed by atoms with Gasteiger partial charge in [0.25, 0.3) is 5.91 Å². The third-order valence-electron chi connectivity index (χ3n) is 9.03. The summed E-state index contributed by atoms with van der Waals surface area (Å²) in [7, 11) is 0. The van der Waals surface area contributed by atoms with Gasteiger partial charge in [0.1, 0.15) is 6.04 Å². The van der Waals surface area contributed by atoms with Gasteiger partial charge in [0.05, 0.1) is 10.8 Å². The second-order valence-electron chi connectivity index (χ2n) is 14.5. The number of thiophene rings is 1. The molecule has 2 N–H and O–H groups in total. The first kappa shape index (κ1) is 32.5. The summed E-state index contributed by atoms with van der Waals surface area (Å²) >= 11 is 1.42. The van der Waals surface area contributed by atoms with Gasteiger partial charge in [0.2, 0.25) is 5.91 Å². The van der Waals surface area contributed by atoms with E-state index in [4.69, 9.17) is 0 Å². The van der Waals surface area contributed by atoms with Gasteiger partial charge in [-0.05, 0) is 59.3 Å². The predicted octanol–water partition coefficient (Wildman–Crippen LogP) is 6.62. The monoisotopic (exact) mass is 628 g/mol. The van der Waals surface area contributed by atoms with Gasteiger partial charge in [-0.15, -0.1) is 11.3 Å². The van der Waals surface area contributed by atoms with Crippen LogP contribution in [0.5, 0.6) is 0 Å². The molecule has 0 saturated carbocycles. The van der Waals surface area contributed by atoms with Crippen LogP contribution in [0.25, 0.3) is 17.0 Å². The van der Waals surface area contributed by atoms with E-state index in [1.807, 2.05) is 42.7 Å². The van der Waals surface area contributed by atoms with Crippen molar-refractivity contribution in [2.75, 3.05) is 13.1 Å². The van der Waals surface area contributed by atoms with Gasteiger partial charge < -0.3 is 15.3 Å². The van der Waals surface area contributed by atoms with Crippen molar-refractivity contribution >= 4 is 34.7 Å². The second kappa shape index (κ2) is 12.9. The van der Waals surface area contributed by atoms with Crippen LogP contribution in [0.1, 0.15) is 86.5 Å². The molecule has 1 saturated heterocycles. The highest BCUT2D eigenvalue weighted by Gasteiger charge is 2.39. The zero-order chi connectivity index (χ0) is 32.5. The van der Waals surface area contributed by atoms with Crippen molar-refractivity contribution in [1.29, 1.82) is 0 Å². The Morgan fingerprint density at radius 1 is 0.978 bits per heavy atom. The fourth-order valence-electron chi connectivity index (χ4n) is 5.88. The summed E-state index contributed by atoms with van der Waals surface area (Å²) in [6.45, 7) is 13.5. The molecular weight excluding hydrogens is 584 g/mol. The van der Waals surface area contributed by atoms with Crippen LogP contribution in [-0.2, 0) is 21.4 Å². The van der Waals surface area contributed by atoms with Crippen molar-refractivity contribution in [3.8, 4) is 11.4 Å². The smallest absolute Gasteiger partial charge is 0.310 e. The maximum atomic E-state index is 13.4. The molecule has 5 rings (SSSR count). The average molecular weight is 629 g/mol. The summed E-state index contributed by atoms with van der Waals surface area (Å²) in [5, 5.41) is 12.2. The Morgan fingerprint density at radius 2 is 1.64 bits per heavy atom. The van der Waals surface area contributed by atoms with Crippen LogP contribution in [0.15, 0.2) is 54.9 Å². The van der Waals surface area contributed by atoms with Crippen LogP contribution in [0.3, 0.4) is 0 Å². The molecule has 2 atom stereocenters. The standard InChI is InChI=1S/C36H44N4O4S/c1-35(2,3)27-13-11-23(12-14-27)25-18-37-31(38-19-25)24-9-7-22(8-10-24)17-28(33(42)40-20-26(21-40)34(43)44)39-32(41)29-15-16-30(45-29)36(4,5)6/h7-11,15-16,18-19,26-28H,12-14,17,20-21H2,1-6H3,(H,39,41)(H,43,44)/t27?,28-/m0/s1. The normalized spacial score (nSPS) is 18.1. The molecule has 2 aromatic heterocycles. The Kier molecular flexibility index (Phi) is 9.31. The summed E-state index contributed by atoms with van der Waals surface area (Å²) in [4.78, 5) is 50.4. The molecule has 2 aliphatic rings. The van der Waals surface area contributed by atoms with Crippen LogP contribution < -0.4 is 5.32 Å². The van der Waals surface area contributed by atoms with Crippen molar-refractivity contribution < 1.29 is 19.5 Å². The molecule has 1 unspecified atom stereocenters. The Balaban J connectivity index is 1.27. The largest absolute Gasteiger partial charge is 0.481 e. The molecule has 45 heavy (non-hydrogen) atoms. The van der Waals surface area contributed by atoms with E-state index in [0.29, 0.717) is 22.0 Å². The molecule has 0 radical (unpaired) electrons. The number of amides is 2. The van der Waals surface area contributed by atoms with E-state index < -0.39 is 17.9 Å². The number of carbonyl (C=O) groups is 3. The van der Waals surface area contributed by atoms with E-state index in [1.165, 1.54) is 28.2 Å². The molecule has 238 valence electrons. The Morgan fingerprint density at radius 3 is 2.18 bits per heavy atom. The SMILES string of the molecule is CC(C)(C)c1ccc(C(=O)N[C@@H](Cc2ccc(-c3ncc(C4=CCC(C(C)(C)C)CC4)cn3)cc2)C(=O)N2CC(C(=O)O)C2)s1. The molecule has 9 heteroatoms. The summed E-state index contributed by atoms with van der Waals surface area (Å²) in [5.41, 5.74) is 4.33. The van der Waals surface area contributed by atoms with Crippen molar-refractivity contribution in [3.05, 3.63) is 75.7 Å². The summed E-state index contributed by atoms with van der Waals surface area (Å²) in [6, 6.07) is 10.6. The van der Waals surface area contributed by atoms with Crippen molar-refractivity contribution in [1.82, 2.24) is 20.2 Å². The molecule has 8 nitrogen and oxygen atoms in total. The number of aromatic nitrogens is 2. The average Bonchev–Trinajstić information content (AvgIpc) is 3.48. The highest BCUT2D eigenvalue weighted by molar-refractivity contribution is 7.14. The van der Waals surface area contributed by atoms with Crippen LogP contribution in [0.2, 0.25) is 0 Å². The molecule has 2 amide bonds. The molecule has 1 aliphatic carbocycles. The van der Waals surface area contributed by atoms with Crippen molar-refractivity contribution in [2.24, 2.45) is 17.3 Å². The first-order chi connectivity index (χ1) is 21.2. The first-order valence-corrected chi connectivity index (χ1v) is 16.5. The van der Waals surface area contributed by atoms with Gasteiger partial charge >= 0.3 is 5.97 Å². The number of nitrogens with one attached hydrogen (secondary N) is 1. The Hall–Kier alpha value is -3.85. The fraction of sp³-hybridized carbons (Fsp3) is 0.472. The summed E-state index contributed by atoms with van der Waals surface area (Å²) < 4.78 is 0. The maximum absolute atomic E-state index is 13.4. The lowest BCUT2D eigenvalue weighted by atomic mass is 9.72. The second-order valence-corrected chi connectivity index (χ2v) is 15.6. The minimum atomic E-state index is -0.914. The molecular formula is C36H44N4O4S. The van der Waals surface area contributed by atoms with Crippen LogP contribution in [0.4, 0.5) is 0 Å². The highest BCUT2D eigenvalue weighted by atomic mass is 32.1. The van der Waals surface area contributed by atoms with E-state index in [2.05, 4.69) is 62.9 Å². The zero-order valence-corrected chi connectivity index (χ0v) is 27.9. The molecule has 3 aromatic rings. The number of likely N-dealkylation sites (tertiary alicyclic amines) is 1. The number of benzene rings is 1.